The smallest absolute Gasteiger partial charge is 0.152 e. The Labute approximate surface area is 63.7 Å². The molecule has 0 aliphatic heterocycles. The minimum atomic E-state index is -2.85. The first-order chi connectivity index (χ1) is 4.12. The average Bonchev–Trinajstić information content (AvgIpc) is 1.64. The maximum atomic E-state index is 10.7. The van der Waals surface area contributed by atoms with Gasteiger partial charge >= 0.3 is 0 Å². The Bertz CT molecular complexity index is 142. The SMILES string of the molecule is NCCS(=O)(=O)CCBr. The topological polar surface area (TPSA) is 60.2 Å². The molecule has 0 atom stereocenters. The monoisotopic (exact) mass is 215 g/mol. The molecule has 0 rings (SSSR count). The number of hydrogen-bond acceptors (Lipinski definition) is 3. The van der Waals surface area contributed by atoms with Crippen molar-refractivity contribution in [2.75, 3.05) is 23.4 Å². The van der Waals surface area contributed by atoms with Crippen LogP contribution in [-0.4, -0.2) is 31.8 Å². The summed E-state index contributed by atoms with van der Waals surface area (Å²) in [5.74, 6) is 0.281. The highest BCUT2D eigenvalue weighted by Crippen LogP contribution is 1.91. The Kier molecular flexibility index (Phi) is 4.43. The van der Waals surface area contributed by atoms with Crippen LogP contribution in [0.25, 0.3) is 0 Å². The van der Waals surface area contributed by atoms with E-state index in [4.69, 9.17) is 5.73 Å². The molecule has 0 aliphatic rings. The predicted octanol–water partition coefficient (Wildman–Crippen LogP) is -0.245. The van der Waals surface area contributed by atoms with Crippen LogP contribution in [0.1, 0.15) is 0 Å². The molecule has 0 aromatic carbocycles. The fourth-order valence-corrected chi connectivity index (χ4v) is 2.68. The van der Waals surface area contributed by atoms with Crippen molar-refractivity contribution in [3.63, 3.8) is 0 Å². The van der Waals surface area contributed by atoms with E-state index in [1.165, 1.54) is 0 Å². The van der Waals surface area contributed by atoms with Crippen molar-refractivity contribution in [1.82, 2.24) is 0 Å². The molecule has 0 amide bonds. The lowest BCUT2D eigenvalue weighted by Gasteiger charge is -1.96. The number of rotatable bonds is 4. The van der Waals surface area contributed by atoms with E-state index in [0.29, 0.717) is 5.33 Å². The summed E-state index contributed by atoms with van der Waals surface area (Å²) in [6.07, 6.45) is 0. The second-order valence-corrected chi connectivity index (χ2v) is 4.73. The average molecular weight is 216 g/mol. The summed E-state index contributed by atoms with van der Waals surface area (Å²) in [7, 11) is -2.85. The minimum absolute atomic E-state index is 0.0958. The van der Waals surface area contributed by atoms with Crippen molar-refractivity contribution in [1.29, 1.82) is 0 Å². The molecule has 0 aromatic rings. The fourth-order valence-electron chi connectivity index (χ4n) is 0.399. The van der Waals surface area contributed by atoms with Crippen LogP contribution in [0, 0.1) is 0 Å². The molecular formula is C4H10BrNO2S. The van der Waals surface area contributed by atoms with Crippen molar-refractivity contribution in [2.45, 2.75) is 0 Å². The van der Waals surface area contributed by atoms with E-state index >= 15 is 0 Å². The highest BCUT2D eigenvalue weighted by molar-refractivity contribution is 9.09. The Morgan fingerprint density at radius 3 is 2.22 bits per heavy atom. The normalized spacial score (nSPS) is 11.8. The molecule has 0 radical (unpaired) electrons. The van der Waals surface area contributed by atoms with E-state index in [1.54, 1.807) is 0 Å². The molecule has 0 aliphatic carbocycles. The van der Waals surface area contributed by atoms with Gasteiger partial charge in [-0.25, -0.2) is 8.42 Å². The minimum Gasteiger partial charge on any atom is -0.329 e. The zero-order valence-electron chi connectivity index (χ0n) is 5.01. The van der Waals surface area contributed by atoms with Crippen LogP contribution < -0.4 is 5.73 Å². The van der Waals surface area contributed by atoms with Gasteiger partial charge in [-0.2, -0.15) is 0 Å². The highest BCUT2D eigenvalue weighted by Gasteiger charge is 2.06. The zero-order valence-corrected chi connectivity index (χ0v) is 7.41. The van der Waals surface area contributed by atoms with E-state index in [1.807, 2.05) is 0 Å². The third-order valence-corrected chi connectivity index (χ3v) is 3.42. The second kappa shape index (κ2) is 4.24. The molecule has 0 fully saturated rings. The highest BCUT2D eigenvalue weighted by atomic mass is 79.9. The lowest BCUT2D eigenvalue weighted by Crippen LogP contribution is -2.18. The van der Waals surface area contributed by atoms with E-state index < -0.39 is 9.84 Å². The van der Waals surface area contributed by atoms with Gasteiger partial charge in [-0.05, 0) is 0 Å². The fraction of sp³-hybridized carbons (Fsp3) is 1.00. The van der Waals surface area contributed by atoms with Gasteiger partial charge in [0.1, 0.15) is 0 Å². The molecule has 3 nitrogen and oxygen atoms in total. The molecule has 9 heavy (non-hydrogen) atoms. The Balaban J connectivity index is 3.73. The van der Waals surface area contributed by atoms with E-state index in [9.17, 15) is 8.42 Å². The molecule has 0 saturated carbocycles. The van der Waals surface area contributed by atoms with Gasteiger partial charge in [0.15, 0.2) is 9.84 Å². The van der Waals surface area contributed by atoms with Crippen molar-refractivity contribution < 1.29 is 8.42 Å². The number of sulfone groups is 1. The summed E-state index contributed by atoms with van der Waals surface area (Å²) < 4.78 is 21.4. The third kappa shape index (κ3) is 4.87. The number of alkyl halides is 1. The Hall–Kier alpha value is 0.390. The van der Waals surface area contributed by atoms with Crippen LogP contribution in [0.5, 0.6) is 0 Å². The Morgan fingerprint density at radius 2 is 1.89 bits per heavy atom. The van der Waals surface area contributed by atoms with Crippen molar-refractivity contribution in [2.24, 2.45) is 5.73 Å². The molecule has 0 spiro atoms. The van der Waals surface area contributed by atoms with Gasteiger partial charge in [0.05, 0.1) is 11.5 Å². The zero-order chi connectivity index (χ0) is 7.33. The van der Waals surface area contributed by atoms with Crippen molar-refractivity contribution in [3.05, 3.63) is 0 Å². The number of nitrogens with two attached hydrogens (primary N) is 1. The van der Waals surface area contributed by atoms with Gasteiger partial charge in [0.2, 0.25) is 0 Å². The molecule has 0 unspecified atom stereocenters. The van der Waals surface area contributed by atoms with Crippen molar-refractivity contribution in [3.8, 4) is 0 Å². The lowest BCUT2D eigenvalue weighted by atomic mass is 10.8. The summed E-state index contributed by atoms with van der Waals surface area (Å²) >= 11 is 3.04. The summed E-state index contributed by atoms with van der Waals surface area (Å²) in [6, 6.07) is 0. The van der Waals surface area contributed by atoms with Gasteiger partial charge in [-0.15, -0.1) is 0 Å². The number of hydrogen-bond donors (Lipinski definition) is 1. The van der Waals surface area contributed by atoms with E-state index in [-0.39, 0.29) is 18.1 Å². The first-order valence-electron chi connectivity index (χ1n) is 2.59. The number of halogens is 1. The van der Waals surface area contributed by atoms with Gasteiger partial charge in [-0.3, -0.25) is 0 Å². The van der Waals surface area contributed by atoms with Crippen LogP contribution in [0.2, 0.25) is 0 Å². The van der Waals surface area contributed by atoms with Crippen molar-refractivity contribution >= 4 is 25.8 Å². The molecule has 56 valence electrons. The first kappa shape index (κ1) is 9.39. The van der Waals surface area contributed by atoms with Crippen LogP contribution >= 0.6 is 15.9 Å². The lowest BCUT2D eigenvalue weighted by molar-refractivity contribution is 0.597. The van der Waals surface area contributed by atoms with Crippen LogP contribution in [0.15, 0.2) is 0 Å². The molecule has 0 aromatic heterocycles. The van der Waals surface area contributed by atoms with Gasteiger partial charge in [0, 0.05) is 11.9 Å². The quantitative estimate of drug-likeness (QED) is 0.659. The molecule has 0 saturated heterocycles. The Morgan fingerprint density at radius 1 is 1.33 bits per heavy atom. The maximum Gasteiger partial charge on any atom is 0.152 e. The first-order valence-corrected chi connectivity index (χ1v) is 5.53. The summed E-state index contributed by atoms with van der Waals surface area (Å²) in [5, 5.41) is 0.495. The van der Waals surface area contributed by atoms with E-state index in [2.05, 4.69) is 15.9 Å². The largest absolute Gasteiger partial charge is 0.329 e. The van der Waals surface area contributed by atoms with Crippen LogP contribution in [0.4, 0.5) is 0 Å². The summed E-state index contributed by atoms with van der Waals surface area (Å²) in [5.41, 5.74) is 5.05. The molecular weight excluding hydrogens is 206 g/mol. The molecule has 5 heteroatoms. The van der Waals surface area contributed by atoms with Gasteiger partial charge in [0.25, 0.3) is 0 Å². The third-order valence-electron chi connectivity index (χ3n) is 0.817. The predicted molar refractivity (Wildman–Crippen MR) is 41.5 cm³/mol. The summed E-state index contributed by atoms with van der Waals surface area (Å²) in [6.45, 7) is 0.218. The van der Waals surface area contributed by atoms with Crippen LogP contribution in [0.3, 0.4) is 0 Å². The van der Waals surface area contributed by atoms with Crippen LogP contribution in [-0.2, 0) is 9.84 Å². The van der Waals surface area contributed by atoms with Gasteiger partial charge in [-0.1, -0.05) is 15.9 Å². The molecule has 2 N–H and O–H groups in total. The van der Waals surface area contributed by atoms with E-state index in [0.717, 1.165) is 0 Å². The standard InChI is InChI=1S/C4H10BrNO2S/c5-1-3-9(7,8)4-2-6/h1-4,6H2. The molecule has 0 bridgehead atoms. The second-order valence-electron chi connectivity index (χ2n) is 1.63. The van der Waals surface area contributed by atoms with Gasteiger partial charge < -0.3 is 5.73 Å². The summed E-state index contributed by atoms with van der Waals surface area (Å²) in [4.78, 5) is 0. The maximum absolute atomic E-state index is 10.7. The molecule has 0 heterocycles.